The van der Waals surface area contributed by atoms with Crippen LogP contribution in [-0.2, 0) is 0 Å². The maximum atomic E-state index is 6.45. The Balaban J connectivity index is 1.03. The molecule has 1 heteroatoms. The zero-order chi connectivity index (χ0) is 33.5. The molecule has 11 aromatic rings. The molecule has 0 aliphatic heterocycles. The fourth-order valence-electron chi connectivity index (χ4n) is 8.37. The summed E-state index contributed by atoms with van der Waals surface area (Å²) in [7, 11) is 0. The predicted molar refractivity (Wildman–Crippen MR) is 218 cm³/mol. The third-order valence-electron chi connectivity index (χ3n) is 10.8. The maximum absolute atomic E-state index is 6.45. The molecule has 0 aliphatic rings. The summed E-state index contributed by atoms with van der Waals surface area (Å²) in [6, 6.07) is 66.3. The summed E-state index contributed by atoms with van der Waals surface area (Å²) in [6.45, 7) is 0. The van der Waals surface area contributed by atoms with E-state index < -0.39 is 0 Å². The lowest BCUT2D eigenvalue weighted by Gasteiger charge is -2.16. The Labute approximate surface area is 294 Å². The van der Waals surface area contributed by atoms with Crippen molar-refractivity contribution in [2.45, 2.75) is 0 Å². The summed E-state index contributed by atoms with van der Waals surface area (Å²) in [6.07, 6.45) is 0. The van der Waals surface area contributed by atoms with Crippen molar-refractivity contribution in [3.05, 3.63) is 182 Å². The van der Waals surface area contributed by atoms with Gasteiger partial charge in [0.2, 0.25) is 0 Å². The molecule has 0 radical (unpaired) electrons. The van der Waals surface area contributed by atoms with Crippen LogP contribution in [0.15, 0.2) is 186 Å². The molecule has 0 fully saturated rings. The lowest BCUT2D eigenvalue weighted by atomic mass is 9.87. The molecule has 51 heavy (non-hydrogen) atoms. The van der Waals surface area contributed by atoms with Gasteiger partial charge in [-0.15, -0.1) is 0 Å². The van der Waals surface area contributed by atoms with Crippen LogP contribution >= 0.6 is 0 Å². The van der Waals surface area contributed by atoms with Gasteiger partial charge in [-0.1, -0.05) is 140 Å². The van der Waals surface area contributed by atoms with Crippen LogP contribution in [0.2, 0.25) is 0 Å². The van der Waals surface area contributed by atoms with Gasteiger partial charge in [0.15, 0.2) is 0 Å². The molecule has 0 saturated heterocycles. The number of hydrogen-bond acceptors (Lipinski definition) is 1. The molecule has 10 aromatic carbocycles. The molecular formula is C50H30O. The molecule has 1 aromatic heterocycles. The van der Waals surface area contributed by atoms with Gasteiger partial charge in [-0.25, -0.2) is 0 Å². The van der Waals surface area contributed by atoms with Gasteiger partial charge in [0.1, 0.15) is 11.2 Å². The highest BCUT2D eigenvalue weighted by atomic mass is 16.3. The Bertz CT molecular complexity index is 3180. The average molecular weight is 647 g/mol. The topological polar surface area (TPSA) is 13.1 Å². The molecule has 1 nitrogen and oxygen atoms in total. The van der Waals surface area contributed by atoms with Gasteiger partial charge in [-0.3, -0.25) is 0 Å². The first kappa shape index (κ1) is 28.2. The predicted octanol–water partition coefficient (Wildman–Crippen LogP) is 14.4. The van der Waals surface area contributed by atoms with Crippen LogP contribution in [0.25, 0.3) is 109 Å². The molecule has 0 unspecified atom stereocenters. The fraction of sp³-hybridized carbons (Fsp3) is 0. The van der Waals surface area contributed by atoms with E-state index in [0.29, 0.717) is 0 Å². The van der Waals surface area contributed by atoms with E-state index in [1.165, 1.54) is 76.1 Å². The van der Waals surface area contributed by atoms with Crippen LogP contribution in [0.5, 0.6) is 0 Å². The standard InChI is InChI=1S/C50H30O/c1-2-10-31(11-3-1)35-22-24-42-43-25-23-36(29-49(43)51-48(42)28-35)33-18-19-34-27-37(21-20-32(34)26-33)46-30-47-40-14-5-4-12-38(40)39-13-6-8-16-44(39)50(47)45-17-9-7-15-41(45)46/h1-30H. The minimum atomic E-state index is 0.909. The van der Waals surface area contributed by atoms with Crippen molar-refractivity contribution >= 4 is 75.8 Å². The fourth-order valence-corrected chi connectivity index (χ4v) is 8.37. The first-order valence-electron chi connectivity index (χ1n) is 17.6. The molecule has 11 rings (SSSR count). The van der Waals surface area contributed by atoms with Gasteiger partial charge in [0.05, 0.1) is 0 Å². The van der Waals surface area contributed by atoms with Crippen molar-refractivity contribution in [2.75, 3.05) is 0 Å². The Morgan fingerprint density at radius 3 is 1.37 bits per heavy atom. The minimum Gasteiger partial charge on any atom is -0.456 e. The van der Waals surface area contributed by atoms with Crippen molar-refractivity contribution in [1.29, 1.82) is 0 Å². The molecule has 0 spiro atoms. The number of fused-ring (bicyclic) bond motifs is 12. The maximum Gasteiger partial charge on any atom is 0.136 e. The second kappa shape index (κ2) is 10.9. The van der Waals surface area contributed by atoms with Crippen molar-refractivity contribution in [3.63, 3.8) is 0 Å². The Hall–Kier alpha value is -6.70. The van der Waals surface area contributed by atoms with E-state index in [2.05, 4.69) is 176 Å². The van der Waals surface area contributed by atoms with E-state index in [1.54, 1.807) is 0 Å². The van der Waals surface area contributed by atoms with Crippen LogP contribution < -0.4 is 0 Å². The van der Waals surface area contributed by atoms with Crippen LogP contribution in [0.3, 0.4) is 0 Å². The number of furan rings is 1. The van der Waals surface area contributed by atoms with E-state index in [9.17, 15) is 0 Å². The Kier molecular flexibility index (Phi) is 6.02. The monoisotopic (exact) mass is 646 g/mol. The van der Waals surface area contributed by atoms with E-state index >= 15 is 0 Å². The zero-order valence-corrected chi connectivity index (χ0v) is 27.7. The highest BCUT2D eigenvalue weighted by Gasteiger charge is 2.16. The number of hydrogen-bond donors (Lipinski definition) is 0. The molecular weight excluding hydrogens is 617 g/mol. The number of rotatable bonds is 3. The van der Waals surface area contributed by atoms with Gasteiger partial charge in [0.25, 0.3) is 0 Å². The summed E-state index contributed by atoms with van der Waals surface area (Å²) in [5.41, 5.74) is 8.99. The second-order valence-corrected chi connectivity index (χ2v) is 13.7. The normalized spacial score (nSPS) is 11.9. The largest absolute Gasteiger partial charge is 0.456 e. The number of benzene rings is 10. The first-order valence-corrected chi connectivity index (χ1v) is 17.6. The molecule has 0 aliphatic carbocycles. The van der Waals surface area contributed by atoms with Crippen molar-refractivity contribution in [1.82, 2.24) is 0 Å². The minimum absolute atomic E-state index is 0.909. The lowest BCUT2D eigenvalue weighted by Crippen LogP contribution is -1.89. The molecule has 0 bridgehead atoms. The first-order chi connectivity index (χ1) is 25.3. The second-order valence-electron chi connectivity index (χ2n) is 13.7. The SMILES string of the molecule is c1ccc(-c2ccc3c(c2)oc2cc(-c4ccc5cc(-c6cc7c8ccccc8c8ccccc8c7c7ccccc67)ccc5c4)ccc23)cc1. The molecule has 236 valence electrons. The molecule has 0 saturated carbocycles. The Morgan fingerprint density at radius 1 is 0.255 bits per heavy atom. The van der Waals surface area contributed by atoms with Crippen LogP contribution in [0.1, 0.15) is 0 Å². The van der Waals surface area contributed by atoms with Crippen LogP contribution in [0.4, 0.5) is 0 Å². The molecule has 0 atom stereocenters. The van der Waals surface area contributed by atoms with Gasteiger partial charge in [0, 0.05) is 10.8 Å². The van der Waals surface area contributed by atoms with Crippen molar-refractivity contribution in [2.24, 2.45) is 0 Å². The smallest absolute Gasteiger partial charge is 0.136 e. The third kappa shape index (κ3) is 4.35. The third-order valence-corrected chi connectivity index (χ3v) is 10.8. The van der Waals surface area contributed by atoms with Crippen molar-refractivity contribution < 1.29 is 4.42 Å². The van der Waals surface area contributed by atoms with E-state index in [-0.39, 0.29) is 0 Å². The van der Waals surface area contributed by atoms with Gasteiger partial charge in [-0.2, -0.15) is 0 Å². The molecule has 0 amide bonds. The van der Waals surface area contributed by atoms with Gasteiger partial charge < -0.3 is 4.42 Å². The Morgan fingerprint density at radius 2 is 0.706 bits per heavy atom. The summed E-state index contributed by atoms with van der Waals surface area (Å²) < 4.78 is 6.45. The van der Waals surface area contributed by atoms with Gasteiger partial charge in [-0.05, 0) is 130 Å². The van der Waals surface area contributed by atoms with Crippen LogP contribution in [-0.4, -0.2) is 0 Å². The highest BCUT2D eigenvalue weighted by molar-refractivity contribution is 6.33. The highest BCUT2D eigenvalue weighted by Crippen LogP contribution is 2.43. The van der Waals surface area contributed by atoms with Gasteiger partial charge >= 0.3 is 0 Å². The zero-order valence-electron chi connectivity index (χ0n) is 27.7. The quantitative estimate of drug-likeness (QED) is 0.174. The van der Waals surface area contributed by atoms with E-state index in [4.69, 9.17) is 4.42 Å². The van der Waals surface area contributed by atoms with Crippen LogP contribution in [0, 0.1) is 0 Å². The summed E-state index contributed by atoms with van der Waals surface area (Å²) >= 11 is 0. The molecule has 0 N–H and O–H groups in total. The lowest BCUT2D eigenvalue weighted by molar-refractivity contribution is 0.669. The average Bonchev–Trinajstić information content (AvgIpc) is 3.57. The summed E-state index contributed by atoms with van der Waals surface area (Å²) in [4.78, 5) is 0. The van der Waals surface area contributed by atoms with E-state index in [0.717, 1.165) is 33.1 Å². The summed E-state index contributed by atoms with van der Waals surface area (Å²) in [5, 5.41) is 15.1. The summed E-state index contributed by atoms with van der Waals surface area (Å²) in [5.74, 6) is 0. The molecule has 1 heterocycles. The van der Waals surface area contributed by atoms with E-state index in [1.807, 2.05) is 6.07 Å². The van der Waals surface area contributed by atoms with Crippen molar-refractivity contribution in [3.8, 4) is 33.4 Å².